The van der Waals surface area contributed by atoms with Crippen molar-refractivity contribution in [3.8, 4) is 0 Å². The van der Waals surface area contributed by atoms with E-state index in [2.05, 4.69) is 5.32 Å². The van der Waals surface area contributed by atoms with Crippen molar-refractivity contribution in [3.63, 3.8) is 0 Å². The van der Waals surface area contributed by atoms with Gasteiger partial charge in [-0.25, -0.2) is 0 Å². The maximum Gasteiger partial charge on any atom is 0.416 e. The molecule has 1 amide bonds. The molecule has 0 aliphatic heterocycles. The lowest BCUT2D eigenvalue weighted by molar-refractivity contribution is -0.138. The molecule has 0 saturated heterocycles. The molecule has 0 saturated carbocycles. The lowest BCUT2D eigenvalue weighted by Gasteiger charge is -2.13. The summed E-state index contributed by atoms with van der Waals surface area (Å²) in [5.41, 5.74) is 0.478. The number of halogens is 3. The quantitative estimate of drug-likeness (QED) is 0.639. The number of benzene rings is 2. The molecular formula is C19H18F3NO3S. The number of carbonyl (C=O) groups excluding carboxylic acids is 1. The van der Waals surface area contributed by atoms with E-state index in [-0.39, 0.29) is 18.4 Å². The van der Waals surface area contributed by atoms with E-state index in [1.165, 1.54) is 30.0 Å². The monoisotopic (exact) mass is 397 g/mol. The zero-order chi connectivity index (χ0) is 19.9. The lowest BCUT2D eigenvalue weighted by atomic mass is 10.0. The zero-order valence-corrected chi connectivity index (χ0v) is 15.1. The van der Waals surface area contributed by atoms with Crippen LogP contribution in [0.25, 0.3) is 0 Å². The van der Waals surface area contributed by atoms with Crippen LogP contribution in [-0.4, -0.2) is 22.7 Å². The van der Waals surface area contributed by atoms with Gasteiger partial charge in [0.15, 0.2) is 0 Å². The van der Waals surface area contributed by atoms with Crippen molar-refractivity contribution in [1.29, 1.82) is 0 Å². The van der Waals surface area contributed by atoms with E-state index in [4.69, 9.17) is 5.11 Å². The van der Waals surface area contributed by atoms with E-state index in [1.54, 1.807) is 18.2 Å². The van der Waals surface area contributed by atoms with Crippen LogP contribution in [0.2, 0.25) is 0 Å². The number of carbonyl (C=O) groups is 2. The van der Waals surface area contributed by atoms with Crippen molar-refractivity contribution in [2.45, 2.75) is 24.8 Å². The Morgan fingerprint density at radius 1 is 1.07 bits per heavy atom. The second kappa shape index (κ2) is 9.45. The van der Waals surface area contributed by atoms with Gasteiger partial charge in [-0.3, -0.25) is 9.59 Å². The van der Waals surface area contributed by atoms with Crippen LogP contribution in [0.4, 0.5) is 18.9 Å². The molecule has 0 fully saturated rings. The molecule has 0 heterocycles. The van der Waals surface area contributed by atoms with Crippen molar-refractivity contribution in [3.05, 3.63) is 65.2 Å². The number of aliphatic carboxylic acids is 1. The third-order valence-electron chi connectivity index (χ3n) is 3.61. The molecule has 0 aromatic heterocycles. The molecule has 2 aromatic carbocycles. The Balaban J connectivity index is 1.97. The van der Waals surface area contributed by atoms with Gasteiger partial charge in [-0.1, -0.05) is 30.3 Å². The number of carboxylic acid groups (broad SMARTS) is 1. The van der Waals surface area contributed by atoms with Crippen molar-refractivity contribution in [1.82, 2.24) is 0 Å². The van der Waals surface area contributed by atoms with E-state index < -0.39 is 23.6 Å². The van der Waals surface area contributed by atoms with Gasteiger partial charge < -0.3 is 10.4 Å². The molecule has 0 spiro atoms. The highest BCUT2D eigenvalue weighted by Gasteiger charge is 2.33. The largest absolute Gasteiger partial charge is 0.481 e. The highest BCUT2D eigenvalue weighted by atomic mass is 32.2. The number of amides is 1. The smallest absolute Gasteiger partial charge is 0.416 e. The Bertz CT molecular complexity index is 809. The van der Waals surface area contributed by atoms with Crippen molar-refractivity contribution < 1.29 is 27.9 Å². The number of anilines is 1. The highest BCUT2D eigenvalue weighted by molar-refractivity contribution is 7.98. The summed E-state index contributed by atoms with van der Waals surface area (Å²) in [6.07, 6.45) is -4.82. The van der Waals surface area contributed by atoms with Crippen LogP contribution in [-0.2, 0) is 27.9 Å². The fraction of sp³-hybridized carbons (Fsp3) is 0.263. The van der Waals surface area contributed by atoms with E-state index in [9.17, 15) is 22.8 Å². The summed E-state index contributed by atoms with van der Waals surface area (Å²) in [6, 6.07) is 11.9. The Kier molecular flexibility index (Phi) is 7.29. The minimum Gasteiger partial charge on any atom is -0.481 e. The summed E-state index contributed by atoms with van der Waals surface area (Å²) in [4.78, 5) is 22.6. The molecule has 0 aliphatic rings. The van der Waals surface area contributed by atoms with Crippen molar-refractivity contribution in [2.75, 3.05) is 11.1 Å². The Morgan fingerprint density at radius 3 is 2.52 bits per heavy atom. The SMILES string of the molecule is O=C(O)CCSCc1cccc(NC(=O)Cc2ccccc2C(F)(F)F)c1. The van der Waals surface area contributed by atoms with Crippen molar-refractivity contribution >= 4 is 29.3 Å². The molecule has 0 aliphatic carbocycles. The molecule has 27 heavy (non-hydrogen) atoms. The molecule has 144 valence electrons. The predicted molar refractivity (Wildman–Crippen MR) is 98.6 cm³/mol. The number of carboxylic acids is 1. The maximum atomic E-state index is 13.0. The molecule has 2 aromatic rings. The second-order valence-corrected chi connectivity index (χ2v) is 6.88. The first-order valence-electron chi connectivity index (χ1n) is 8.09. The third kappa shape index (κ3) is 6.97. The van der Waals surface area contributed by atoms with Crippen LogP contribution >= 0.6 is 11.8 Å². The second-order valence-electron chi connectivity index (χ2n) is 5.78. The molecule has 4 nitrogen and oxygen atoms in total. The first-order chi connectivity index (χ1) is 12.8. The molecule has 0 atom stereocenters. The molecule has 2 N–H and O–H groups in total. The van der Waals surface area contributed by atoms with Gasteiger partial charge in [-0.05, 0) is 29.3 Å². The lowest BCUT2D eigenvalue weighted by Crippen LogP contribution is -2.18. The average Bonchev–Trinajstić information content (AvgIpc) is 2.58. The van der Waals surface area contributed by atoms with Gasteiger partial charge >= 0.3 is 12.1 Å². The summed E-state index contributed by atoms with van der Waals surface area (Å²) in [6.45, 7) is 0. The summed E-state index contributed by atoms with van der Waals surface area (Å²) in [5, 5.41) is 11.2. The molecular weight excluding hydrogens is 379 g/mol. The Labute approximate surface area is 158 Å². The summed E-state index contributed by atoms with van der Waals surface area (Å²) in [5.74, 6) is -0.348. The number of hydrogen-bond donors (Lipinski definition) is 2. The van der Waals surface area contributed by atoms with Gasteiger partial charge in [-0.15, -0.1) is 0 Å². The van der Waals surface area contributed by atoms with E-state index >= 15 is 0 Å². The number of hydrogen-bond acceptors (Lipinski definition) is 3. The van der Waals surface area contributed by atoms with Crippen LogP contribution < -0.4 is 5.32 Å². The van der Waals surface area contributed by atoms with Crippen LogP contribution in [0.3, 0.4) is 0 Å². The predicted octanol–water partition coefficient (Wildman–Crippen LogP) is 4.59. The van der Waals surface area contributed by atoms with Gasteiger partial charge in [0.2, 0.25) is 5.91 Å². The summed E-state index contributed by atoms with van der Waals surface area (Å²) >= 11 is 1.45. The summed E-state index contributed by atoms with van der Waals surface area (Å²) < 4.78 is 39.0. The topological polar surface area (TPSA) is 66.4 Å². The highest BCUT2D eigenvalue weighted by Crippen LogP contribution is 2.32. The van der Waals surface area contributed by atoms with Crippen LogP contribution in [0.1, 0.15) is 23.1 Å². The van der Waals surface area contributed by atoms with E-state index in [0.29, 0.717) is 17.2 Å². The van der Waals surface area contributed by atoms with Crippen LogP contribution in [0.5, 0.6) is 0 Å². The number of thioether (sulfide) groups is 1. The Hall–Kier alpha value is -2.48. The van der Waals surface area contributed by atoms with Crippen LogP contribution in [0.15, 0.2) is 48.5 Å². The van der Waals surface area contributed by atoms with E-state index in [1.807, 2.05) is 6.07 Å². The molecule has 0 unspecified atom stereocenters. The van der Waals surface area contributed by atoms with Gasteiger partial charge in [-0.2, -0.15) is 24.9 Å². The fourth-order valence-corrected chi connectivity index (χ4v) is 3.30. The zero-order valence-electron chi connectivity index (χ0n) is 14.3. The first kappa shape index (κ1) is 20.8. The minimum atomic E-state index is -4.51. The average molecular weight is 397 g/mol. The summed E-state index contributed by atoms with van der Waals surface area (Å²) in [7, 11) is 0. The first-order valence-corrected chi connectivity index (χ1v) is 9.24. The van der Waals surface area contributed by atoms with Gasteiger partial charge in [0, 0.05) is 17.2 Å². The van der Waals surface area contributed by atoms with E-state index in [0.717, 1.165) is 11.6 Å². The number of rotatable bonds is 8. The Morgan fingerprint density at radius 2 is 1.81 bits per heavy atom. The fourth-order valence-electron chi connectivity index (χ4n) is 2.42. The number of nitrogens with one attached hydrogen (secondary N) is 1. The van der Waals surface area contributed by atoms with Gasteiger partial charge in [0.05, 0.1) is 18.4 Å². The normalized spacial score (nSPS) is 11.2. The maximum absolute atomic E-state index is 13.0. The molecule has 8 heteroatoms. The molecule has 0 radical (unpaired) electrons. The number of alkyl halides is 3. The molecule has 2 rings (SSSR count). The minimum absolute atomic E-state index is 0.0692. The van der Waals surface area contributed by atoms with Crippen molar-refractivity contribution in [2.24, 2.45) is 0 Å². The standard InChI is InChI=1S/C19H18F3NO3S/c20-19(21,22)16-7-2-1-5-14(16)11-17(24)23-15-6-3-4-13(10-15)12-27-9-8-18(25)26/h1-7,10H,8-9,11-12H2,(H,23,24)(H,25,26). The van der Waals surface area contributed by atoms with Gasteiger partial charge in [0.1, 0.15) is 0 Å². The third-order valence-corrected chi connectivity index (χ3v) is 4.64. The van der Waals surface area contributed by atoms with Gasteiger partial charge in [0.25, 0.3) is 0 Å². The van der Waals surface area contributed by atoms with Crippen LogP contribution in [0, 0.1) is 0 Å². The molecule has 0 bridgehead atoms.